The summed E-state index contributed by atoms with van der Waals surface area (Å²) in [5.41, 5.74) is 6.76. The third-order valence-corrected chi connectivity index (χ3v) is 8.26. The van der Waals surface area contributed by atoms with Gasteiger partial charge in [-0.15, -0.1) is 0 Å². The van der Waals surface area contributed by atoms with Crippen LogP contribution in [0.3, 0.4) is 0 Å². The largest absolute Gasteiger partial charge is 0.317 e. The summed E-state index contributed by atoms with van der Waals surface area (Å²) in [7, 11) is -3.85. The van der Waals surface area contributed by atoms with Gasteiger partial charge in [0.25, 0.3) is 15.3 Å². The molecule has 34 heavy (non-hydrogen) atoms. The average molecular weight is 523 g/mol. The van der Waals surface area contributed by atoms with Crippen molar-refractivity contribution in [3.05, 3.63) is 48.5 Å². The molecule has 0 aromatic heterocycles. The second-order valence-electron chi connectivity index (χ2n) is 8.04. The van der Waals surface area contributed by atoms with Crippen LogP contribution in [0.5, 0.6) is 0 Å². The van der Waals surface area contributed by atoms with Crippen molar-refractivity contribution in [3.63, 3.8) is 0 Å². The van der Waals surface area contributed by atoms with Crippen molar-refractivity contribution in [2.75, 3.05) is 33.2 Å². The Morgan fingerprint density at radius 1 is 0.971 bits per heavy atom. The zero-order valence-electron chi connectivity index (χ0n) is 19.0. The molecule has 1 aliphatic carbocycles. The SMILES string of the molecule is CSCC(=O)NNc1ccc(NS(=O)(=O)c2cccc(NC(=O)SCC3CCCCC3)c2)cc1. The molecule has 0 atom stereocenters. The summed E-state index contributed by atoms with van der Waals surface area (Å²) < 4.78 is 28.2. The van der Waals surface area contributed by atoms with E-state index in [0.717, 1.165) is 5.75 Å². The van der Waals surface area contributed by atoms with E-state index in [9.17, 15) is 18.0 Å². The predicted molar refractivity (Wildman–Crippen MR) is 142 cm³/mol. The lowest BCUT2D eigenvalue weighted by Gasteiger charge is -2.20. The van der Waals surface area contributed by atoms with Crippen LogP contribution in [-0.2, 0) is 14.8 Å². The molecule has 0 bridgehead atoms. The first-order valence-electron chi connectivity index (χ1n) is 11.1. The third-order valence-electron chi connectivity index (χ3n) is 5.32. The normalized spacial score (nSPS) is 14.3. The molecule has 11 heteroatoms. The second-order valence-corrected chi connectivity index (χ2v) is 11.6. The number of carbonyl (C=O) groups is 2. The maximum atomic E-state index is 12.8. The van der Waals surface area contributed by atoms with Gasteiger partial charge in [0.1, 0.15) is 0 Å². The number of sulfonamides is 1. The fourth-order valence-corrected chi connectivity index (χ4v) is 5.94. The van der Waals surface area contributed by atoms with Crippen LogP contribution in [-0.4, -0.2) is 37.3 Å². The Balaban J connectivity index is 1.55. The number of hydrogen-bond acceptors (Lipinski definition) is 7. The number of carbonyl (C=O) groups excluding carboxylic acids is 2. The van der Waals surface area contributed by atoms with Gasteiger partial charge in [-0.1, -0.05) is 37.1 Å². The number of hydrogen-bond donors (Lipinski definition) is 4. The molecule has 0 unspecified atom stereocenters. The van der Waals surface area contributed by atoms with Crippen LogP contribution in [0.1, 0.15) is 32.1 Å². The van der Waals surface area contributed by atoms with Crippen LogP contribution < -0.4 is 20.9 Å². The minimum atomic E-state index is -3.85. The summed E-state index contributed by atoms with van der Waals surface area (Å²) in [6.45, 7) is 0. The molecular weight excluding hydrogens is 492 g/mol. The van der Waals surface area contributed by atoms with Crippen molar-refractivity contribution in [2.45, 2.75) is 37.0 Å². The Bertz CT molecular complexity index is 1070. The minimum Gasteiger partial charge on any atom is -0.317 e. The summed E-state index contributed by atoms with van der Waals surface area (Å²) in [6.07, 6.45) is 7.91. The zero-order valence-corrected chi connectivity index (χ0v) is 21.5. The molecule has 2 aromatic rings. The van der Waals surface area contributed by atoms with Gasteiger partial charge in [0.2, 0.25) is 5.91 Å². The van der Waals surface area contributed by atoms with Crippen LogP contribution >= 0.6 is 23.5 Å². The van der Waals surface area contributed by atoms with Crippen molar-refractivity contribution in [1.82, 2.24) is 5.43 Å². The molecule has 184 valence electrons. The highest BCUT2D eigenvalue weighted by molar-refractivity contribution is 8.13. The van der Waals surface area contributed by atoms with E-state index < -0.39 is 10.0 Å². The molecule has 1 saturated carbocycles. The number of hydrazine groups is 1. The fraction of sp³-hybridized carbons (Fsp3) is 0.391. The van der Waals surface area contributed by atoms with E-state index >= 15 is 0 Å². The van der Waals surface area contributed by atoms with Gasteiger partial charge in [-0.3, -0.25) is 25.2 Å². The van der Waals surface area contributed by atoms with Crippen molar-refractivity contribution in [2.24, 2.45) is 5.92 Å². The van der Waals surface area contributed by atoms with Crippen LogP contribution in [0, 0.1) is 5.92 Å². The van der Waals surface area contributed by atoms with E-state index in [1.807, 2.05) is 6.26 Å². The van der Waals surface area contributed by atoms with Crippen molar-refractivity contribution < 1.29 is 18.0 Å². The standard InChI is InChI=1S/C23H30N4O4S3/c1-32-16-22(28)26-25-18-10-12-19(13-11-18)27-34(30,31)21-9-5-8-20(14-21)24-23(29)33-15-17-6-3-2-4-7-17/h5,8-14,17,25,27H,2-4,6-7,15-16H2,1H3,(H,24,29)(H,26,28). The monoisotopic (exact) mass is 522 g/mol. The van der Waals surface area contributed by atoms with Gasteiger partial charge in [-0.2, -0.15) is 11.8 Å². The Kier molecular flexibility index (Phi) is 9.97. The van der Waals surface area contributed by atoms with Crippen molar-refractivity contribution in [1.29, 1.82) is 0 Å². The highest BCUT2D eigenvalue weighted by atomic mass is 32.2. The number of benzene rings is 2. The third kappa shape index (κ3) is 8.44. The minimum absolute atomic E-state index is 0.0501. The maximum absolute atomic E-state index is 12.8. The Labute approximate surface area is 209 Å². The topological polar surface area (TPSA) is 116 Å². The highest BCUT2D eigenvalue weighted by Gasteiger charge is 2.17. The Morgan fingerprint density at radius 2 is 1.68 bits per heavy atom. The van der Waals surface area contributed by atoms with Gasteiger partial charge in [0, 0.05) is 17.1 Å². The van der Waals surface area contributed by atoms with E-state index in [4.69, 9.17) is 0 Å². The smallest absolute Gasteiger partial charge is 0.283 e. The van der Waals surface area contributed by atoms with Crippen LogP contribution in [0.2, 0.25) is 0 Å². The van der Waals surface area contributed by atoms with Crippen molar-refractivity contribution >= 4 is 61.8 Å². The molecule has 2 aromatic carbocycles. The van der Waals surface area contributed by atoms with Gasteiger partial charge in [0.05, 0.1) is 16.3 Å². The number of nitrogens with one attached hydrogen (secondary N) is 4. The molecule has 2 amide bonds. The second kappa shape index (κ2) is 12.9. The van der Waals surface area contributed by atoms with E-state index in [1.165, 1.54) is 67.8 Å². The molecule has 1 aliphatic rings. The molecule has 0 radical (unpaired) electrons. The molecule has 0 heterocycles. The van der Waals surface area contributed by atoms with Crippen LogP contribution in [0.25, 0.3) is 0 Å². The Morgan fingerprint density at radius 3 is 2.38 bits per heavy atom. The predicted octanol–water partition coefficient (Wildman–Crippen LogP) is 5.14. The Hall–Kier alpha value is -2.37. The van der Waals surface area contributed by atoms with Gasteiger partial charge < -0.3 is 5.32 Å². The zero-order chi connectivity index (χ0) is 24.4. The van der Waals surface area contributed by atoms with E-state index in [-0.39, 0.29) is 16.0 Å². The lowest BCUT2D eigenvalue weighted by atomic mass is 9.91. The van der Waals surface area contributed by atoms with Gasteiger partial charge >= 0.3 is 0 Å². The van der Waals surface area contributed by atoms with Crippen LogP contribution in [0.15, 0.2) is 53.4 Å². The molecule has 3 rings (SSSR count). The summed E-state index contributed by atoms with van der Waals surface area (Å²) >= 11 is 2.67. The summed E-state index contributed by atoms with van der Waals surface area (Å²) in [4.78, 5) is 23.9. The molecule has 8 nitrogen and oxygen atoms in total. The number of rotatable bonds is 10. The summed E-state index contributed by atoms with van der Waals surface area (Å²) in [6, 6.07) is 12.7. The molecular formula is C23H30N4O4S3. The molecule has 1 fully saturated rings. The quantitative estimate of drug-likeness (QED) is 0.319. The lowest BCUT2D eigenvalue weighted by Crippen LogP contribution is -2.30. The number of amides is 2. The maximum Gasteiger partial charge on any atom is 0.283 e. The fourth-order valence-electron chi connectivity index (χ4n) is 3.59. The van der Waals surface area contributed by atoms with Gasteiger partial charge in [-0.25, -0.2) is 8.42 Å². The molecule has 0 saturated heterocycles. The van der Waals surface area contributed by atoms with E-state index in [0.29, 0.717) is 28.7 Å². The average Bonchev–Trinajstić information content (AvgIpc) is 2.83. The van der Waals surface area contributed by atoms with E-state index in [2.05, 4.69) is 20.9 Å². The van der Waals surface area contributed by atoms with Crippen LogP contribution in [0.4, 0.5) is 21.9 Å². The molecule has 0 spiro atoms. The highest BCUT2D eigenvalue weighted by Crippen LogP contribution is 2.28. The number of anilines is 3. The number of thioether (sulfide) groups is 2. The van der Waals surface area contributed by atoms with Gasteiger partial charge in [0.15, 0.2) is 0 Å². The molecule has 0 aliphatic heterocycles. The summed E-state index contributed by atoms with van der Waals surface area (Å²) in [5, 5.41) is 2.61. The van der Waals surface area contributed by atoms with Gasteiger partial charge in [-0.05, 0) is 67.5 Å². The molecule has 4 N–H and O–H groups in total. The first-order chi connectivity index (χ1) is 16.4. The van der Waals surface area contributed by atoms with Crippen molar-refractivity contribution in [3.8, 4) is 0 Å². The van der Waals surface area contributed by atoms with E-state index in [1.54, 1.807) is 36.4 Å². The summed E-state index contributed by atoms with van der Waals surface area (Å²) in [5.74, 6) is 1.55. The lowest BCUT2D eigenvalue weighted by molar-refractivity contribution is -0.118. The first-order valence-corrected chi connectivity index (χ1v) is 14.9. The first kappa shape index (κ1) is 26.2.